The molecule has 0 radical (unpaired) electrons. The number of nitrogens with zero attached hydrogens (tertiary/aromatic N) is 1. The molecule has 1 N–H and O–H groups in total. The maximum Gasteiger partial charge on any atom is 0.0802 e. The molecule has 2 heteroatoms. The molecule has 0 saturated carbocycles. The molecule has 2 nitrogen and oxygen atoms in total. The van der Waals surface area contributed by atoms with E-state index in [9.17, 15) is 5.11 Å². The second-order valence-corrected chi connectivity index (χ2v) is 5.59. The topological polar surface area (TPSA) is 23.5 Å². The van der Waals surface area contributed by atoms with E-state index in [1.165, 1.54) is 32.4 Å². The fourth-order valence-corrected chi connectivity index (χ4v) is 2.69. The summed E-state index contributed by atoms with van der Waals surface area (Å²) < 4.78 is 0. The van der Waals surface area contributed by atoms with E-state index in [4.69, 9.17) is 0 Å². The summed E-state index contributed by atoms with van der Waals surface area (Å²) in [6.07, 6.45) is 4.51. The van der Waals surface area contributed by atoms with E-state index in [0.717, 1.165) is 24.4 Å². The van der Waals surface area contributed by atoms with Crippen molar-refractivity contribution in [3.63, 3.8) is 0 Å². The second kappa shape index (κ2) is 6.91. The van der Waals surface area contributed by atoms with Crippen LogP contribution in [-0.2, 0) is 0 Å². The summed E-state index contributed by atoms with van der Waals surface area (Å²) >= 11 is 0. The minimum Gasteiger partial charge on any atom is -0.388 e. The van der Waals surface area contributed by atoms with E-state index in [0.29, 0.717) is 0 Å². The summed E-state index contributed by atoms with van der Waals surface area (Å²) in [6, 6.07) is 10.00. The summed E-state index contributed by atoms with van der Waals surface area (Å²) in [5.74, 6) is 0.869. The molecule has 1 aromatic carbocycles. The lowest BCUT2D eigenvalue weighted by Gasteiger charge is -2.21. The van der Waals surface area contributed by atoms with Crippen molar-refractivity contribution in [3.05, 3.63) is 35.9 Å². The largest absolute Gasteiger partial charge is 0.388 e. The molecule has 1 aliphatic rings. The predicted octanol–water partition coefficient (Wildman–Crippen LogP) is 3.23. The zero-order valence-electron chi connectivity index (χ0n) is 11.4. The van der Waals surface area contributed by atoms with Crippen molar-refractivity contribution in [2.75, 3.05) is 19.6 Å². The Labute approximate surface area is 111 Å². The number of hydrogen-bond donors (Lipinski definition) is 1. The van der Waals surface area contributed by atoms with Gasteiger partial charge in [-0.05, 0) is 50.3 Å². The molecule has 1 heterocycles. The highest BCUT2D eigenvalue weighted by atomic mass is 16.3. The molecule has 2 unspecified atom stereocenters. The lowest BCUT2D eigenvalue weighted by molar-refractivity contribution is 0.142. The predicted molar refractivity (Wildman–Crippen MR) is 75.5 cm³/mol. The van der Waals surface area contributed by atoms with Gasteiger partial charge < -0.3 is 10.0 Å². The fraction of sp³-hybridized carbons (Fsp3) is 0.625. The quantitative estimate of drug-likeness (QED) is 0.883. The van der Waals surface area contributed by atoms with E-state index in [2.05, 4.69) is 11.8 Å². The van der Waals surface area contributed by atoms with E-state index in [1.807, 2.05) is 30.3 Å². The number of hydrogen-bond acceptors (Lipinski definition) is 2. The van der Waals surface area contributed by atoms with Gasteiger partial charge in [-0.1, -0.05) is 37.3 Å². The molecule has 0 aliphatic carbocycles. The van der Waals surface area contributed by atoms with Crippen LogP contribution in [0.5, 0.6) is 0 Å². The molecule has 0 spiro atoms. The van der Waals surface area contributed by atoms with Crippen LogP contribution in [0.25, 0.3) is 0 Å². The first kappa shape index (κ1) is 13.6. The molecular formula is C16H25NO. The normalized spacial score (nSPS) is 23.6. The molecule has 18 heavy (non-hydrogen) atoms. The minimum absolute atomic E-state index is 0.313. The molecule has 1 aliphatic heterocycles. The Morgan fingerprint density at radius 3 is 2.78 bits per heavy atom. The summed E-state index contributed by atoms with van der Waals surface area (Å²) in [5.41, 5.74) is 1.04. The number of rotatable bonds is 4. The SMILES string of the molecule is CC1CCCN(CCC(O)c2ccccc2)CC1. The smallest absolute Gasteiger partial charge is 0.0802 e. The van der Waals surface area contributed by atoms with E-state index in [-0.39, 0.29) is 6.10 Å². The summed E-state index contributed by atoms with van der Waals surface area (Å²) in [4.78, 5) is 2.51. The summed E-state index contributed by atoms with van der Waals surface area (Å²) in [7, 11) is 0. The lowest BCUT2D eigenvalue weighted by atomic mass is 10.0. The average Bonchev–Trinajstić information content (AvgIpc) is 2.62. The van der Waals surface area contributed by atoms with Crippen LogP contribution in [0.1, 0.15) is 44.3 Å². The van der Waals surface area contributed by atoms with Gasteiger partial charge in [-0.25, -0.2) is 0 Å². The third-order valence-electron chi connectivity index (χ3n) is 4.01. The molecule has 100 valence electrons. The highest BCUT2D eigenvalue weighted by Crippen LogP contribution is 2.20. The Bertz CT molecular complexity index is 338. The molecule has 1 fully saturated rings. The Morgan fingerprint density at radius 1 is 1.22 bits per heavy atom. The van der Waals surface area contributed by atoms with Gasteiger partial charge in [0.2, 0.25) is 0 Å². The summed E-state index contributed by atoms with van der Waals surface area (Å²) in [6.45, 7) is 5.76. The fourth-order valence-electron chi connectivity index (χ4n) is 2.69. The van der Waals surface area contributed by atoms with Crippen LogP contribution in [-0.4, -0.2) is 29.6 Å². The molecule has 1 aromatic rings. The third kappa shape index (κ3) is 4.11. The van der Waals surface area contributed by atoms with Crippen LogP contribution >= 0.6 is 0 Å². The Kier molecular flexibility index (Phi) is 5.21. The van der Waals surface area contributed by atoms with E-state index < -0.39 is 0 Å². The van der Waals surface area contributed by atoms with Crippen LogP contribution in [0.3, 0.4) is 0 Å². The first-order chi connectivity index (χ1) is 8.75. The maximum atomic E-state index is 10.1. The van der Waals surface area contributed by atoms with Crippen molar-refractivity contribution in [1.82, 2.24) is 4.90 Å². The van der Waals surface area contributed by atoms with Crippen molar-refractivity contribution in [2.24, 2.45) is 5.92 Å². The molecule has 1 saturated heterocycles. The molecular weight excluding hydrogens is 222 g/mol. The van der Waals surface area contributed by atoms with Gasteiger partial charge in [-0.15, -0.1) is 0 Å². The zero-order chi connectivity index (χ0) is 12.8. The zero-order valence-corrected chi connectivity index (χ0v) is 11.4. The monoisotopic (exact) mass is 247 g/mol. The molecule has 0 amide bonds. The molecule has 2 rings (SSSR count). The van der Waals surface area contributed by atoms with Gasteiger partial charge in [-0.2, -0.15) is 0 Å². The third-order valence-corrected chi connectivity index (χ3v) is 4.01. The minimum atomic E-state index is -0.313. The Balaban J connectivity index is 1.77. The van der Waals surface area contributed by atoms with Gasteiger partial charge in [0.1, 0.15) is 0 Å². The van der Waals surface area contributed by atoms with E-state index in [1.54, 1.807) is 0 Å². The van der Waals surface area contributed by atoms with Crippen LogP contribution in [0.15, 0.2) is 30.3 Å². The average molecular weight is 247 g/mol. The van der Waals surface area contributed by atoms with Crippen molar-refractivity contribution < 1.29 is 5.11 Å². The van der Waals surface area contributed by atoms with Gasteiger partial charge in [0.25, 0.3) is 0 Å². The molecule has 0 aromatic heterocycles. The highest BCUT2D eigenvalue weighted by Gasteiger charge is 2.15. The number of benzene rings is 1. The van der Waals surface area contributed by atoms with Crippen LogP contribution in [0.4, 0.5) is 0 Å². The molecule has 0 bridgehead atoms. The summed E-state index contributed by atoms with van der Waals surface area (Å²) in [5, 5.41) is 10.1. The van der Waals surface area contributed by atoms with E-state index >= 15 is 0 Å². The van der Waals surface area contributed by atoms with Gasteiger partial charge in [-0.3, -0.25) is 0 Å². The van der Waals surface area contributed by atoms with Crippen LogP contribution < -0.4 is 0 Å². The molecule has 2 atom stereocenters. The second-order valence-electron chi connectivity index (χ2n) is 5.59. The van der Waals surface area contributed by atoms with Crippen molar-refractivity contribution in [1.29, 1.82) is 0 Å². The first-order valence-electron chi connectivity index (χ1n) is 7.21. The van der Waals surface area contributed by atoms with Crippen molar-refractivity contribution in [2.45, 2.75) is 38.7 Å². The Morgan fingerprint density at radius 2 is 2.00 bits per heavy atom. The standard InChI is InChI=1S/C16H25NO/c1-14-6-5-11-17(12-9-14)13-10-16(18)15-7-3-2-4-8-15/h2-4,7-8,14,16,18H,5-6,9-13H2,1H3. The lowest BCUT2D eigenvalue weighted by Crippen LogP contribution is -2.27. The van der Waals surface area contributed by atoms with Crippen LogP contribution in [0.2, 0.25) is 0 Å². The number of aliphatic hydroxyl groups is 1. The highest BCUT2D eigenvalue weighted by molar-refractivity contribution is 5.17. The van der Waals surface area contributed by atoms with Gasteiger partial charge in [0.15, 0.2) is 0 Å². The van der Waals surface area contributed by atoms with Crippen LogP contribution in [0, 0.1) is 5.92 Å². The number of aliphatic hydroxyl groups excluding tert-OH is 1. The van der Waals surface area contributed by atoms with Gasteiger partial charge in [0.05, 0.1) is 6.10 Å². The van der Waals surface area contributed by atoms with Crippen molar-refractivity contribution >= 4 is 0 Å². The van der Waals surface area contributed by atoms with Gasteiger partial charge in [0, 0.05) is 6.54 Å². The first-order valence-corrected chi connectivity index (χ1v) is 7.21. The van der Waals surface area contributed by atoms with Crippen molar-refractivity contribution in [3.8, 4) is 0 Å². The maximum absolute atomic E-state index is 10.1. The van der Waals surface area contributed by atoms with Gasteiger partial charge >= 0.3 is 0 Å². The number of likely N-dealkylation sites (tertiary alicyclic amines) is 1. The Hall–Kier alpha value is -0.860.